The summed E-state index contributed by atoms with van der Waals surface area (Å²) in [4.78, 5) is 41.5. The van der Waals surface area contributed by atoms with E-state index in [1.54, 1.807) is 39.0 Å². The number of hydrogen-bond acceptors (Lipinski definition) is 5. The van der Waals surface area contributed by atoms with Crippen LogP contribution in [0, 0.1) is 19.3 Å². The van der Waals surface area contributed by atoms with E-state index in [9.17, 15) is 23.9 Å². The lowest BCUT2D eigenvalue weighted by Gasteiger charge is -2.36. The van der Waals surface area contributed by atoms with E-state index in [4.69, 9.17) is 0 Å². The van der Waals surface area contributed by atoms with Gasteiger partial charge >= 0.3 is 0 Å². The maximum atomic E-state index is 15.2. The van der Waals surface area contributed by atoms with Crippen LogP contribution in [-0.2, 0) is 14.4 Å². The van der Waals surface area contributed by atoms with E-state index in [0.717, 1.165) is 26.5 Å². The number of likely N-dealkylation sites (tertiary alicyclic amines) is 1. The van der Waals surface area contributed by atoms with Crippen LogP contribution in [-0.4, -0.2) is 64.3 Å². The van der Waals surface area contributed by atoms with E-state index < -0.39 is 65.8 Å². The second-order valence-corrected chi connectivity index (χ2v) is 12.8. The number of alkyl halides is 2. The first kappa shape index (κ1) is 29.1. The molecular weight excluding hydrogens is 524 g/mol. The summed E-state index contributed by atoms with van der Waals surface area (Å²) in [5.41, 5.74) is 1.17. The van der Waals surface area contributed by atoms with E-state index in [-0.39, 0.29) is 12.8 Å². The van der Waals surface area contributed by atoms with Crippen molar-refractivity contribution in [1.82, 2.24) is 15.5 Å². The van der Waals surface area contributed by atoms with E-state index >= 15 is 4.39 Å². The second-order valence-electron chi connectivity index (χ2n) is 11.9. The number of benzene rings is 1. The number of aliphatic hydroxyl groups is 1. The normalized spacial score (nSPS) is 23.7. The minimum absolute atomic E-state index is 0.0785. The molecule has 0 bridgehead atoms. The molecule has 2 heterocycles. The summed E-state index contributed by atoms with van der Waals surface area (Å²) in [5, 5.41) is 17.6. The molecule has 0 spiro atoms. The molecule has 2 fully saturated rings. The van der Waals surface area contributed by atoms with Crippen molar-refractivity contribution in [3.63, 3.8) is 0 Å². The van der Waals surface area contributed by atoms with Gasteiger partial charge in [0.15, 0.2) is 11.8 Å². The molecule has 1 aliphatic carbocycles. The topological polar surface area (TPSA) is 98.7 Å². The number of aryl methyl sites for hydroxylation is 2. The molecule has 1 saturated heterocycles. The summed E-state index contributed by atoms with van der Waals surface area (Å²) in [7, 11) is 0. The number of thiophene rings is 1. The second kappa shape index (κ2) is 10.6. The Balaban J connectivity index is 1.52. The van der Waals surface area contributed by atoms with Gasteiger partial charge in [0.05, 0.1) is 12.6 Å². The first-order valence-electron chi connectivity index (χ1n) is 13.2. The van der Waals surface area contributed by atoms with Crippen LogP contribution in [0.5, 0.6) is 0 Å². The monoisotopic (exact) mass is 561 g/mol. The van der Waals surface area contributed by atoms with Crippen molar-refractivity contribution in [3.8, 4) is 10.4 Å². The number of rotatable bonds is 7. The van der Waals surface area contributed by atoms with Gasteiger partial charge in [0.2, 0.25) is 11.8 Å². The highest BCUT2D eigenvalue weighted by Gasteiger charge is 2.54. The third kappa shape index (κ3) is 5.87. The molecule has 2 aliphatic rings. The molecule has 7 nitrogen and oxygen atoms in total. The zero-order valence-electron chi connectivity index (χ0n) is 23.2. The van der Waals surface area contributed by atoms with Crippen LogP contribution in [0.2, 0.25) is 0 Å². The van der Waals surface area contributed by atoms with Crippen molar-refractivity contribution < 1.29 is 28.3 Å². The quantitative estimate of drug-likeness (QED) is 0.473. The zero-order chi connectivity index (χ0) is 28.9. The molecule has 5 atom stereocenters. The molecule has 0 unspecified atom stereocenters. The van der Waals surface area contributed by atoms with Gasteiger partial charge in [-0.1, -0.05) is 39.0 Å². The molecule has 3 N–H and O–H groups in total. The molecule has 212 valence electrons. The molecule has 1 aromatic heterocycles. The third-order valence-corrected chi connectivity index (χ3v) is 8.71. The fraction of sp³-hybridized carbons (Fsp3) is 0.552. The van der Waals surface area contributed by atoms with Crippen LogP contribution in [0.4, 0.5) is 8.78 Å². The molecule has 4 rings (SSSR count). The predicted octanol–water partition coefficient (Wildman–Crippen LogP) is 4.15. The van der Waals surface area contributed by atoms with Gasteiger partial charge in [0, 0.05) is 4.88 Å². The Labute approximate surface area is 232 Å². The summed E-state index contributed by atoms with van der Waals surface area (Å²) in [5.74, 6) is -2.38. The van der Waals surface area contributed by atoms with Crippen molar-refractivity contribution >= 4 is 29.1 Å². The number of amides is 3. The van der Waals surface area contributed by atoms with Crippen molar-refractivity contribution in [2.24, 2.45) is 5.41 Å². The van der Waals surface area contributed by atoms with Crippen LogP contribution in [0.1, 0.15) is 63.3 Å². The Morgan fingerprint density at radius 2 is 1.79 bits per heavy atom. The van der Waals surface area contributed by atoms with Gasteiger partial charge in [-0.2, -0.15) is 0 Å². The first-order chi connectivity index (χ1) is 18.1. The van der Waals surface area contributed by atoms with E-state index in [0.29, 0.717) is 0 Å². The number of carbonyl (C=O) groups is 3. The maximum Gasteiger partial charge on any atom is 0.258 e. The minimum atomic E-state index is -2.02. The molecule has 10 heteroatoms. The number of aliphatic hydroxyl groups excluding tert-OH is 1. The van der Waals surface area contributed by atoms with Crippen LogP contribution >= 0.6 is 11.3 Å². The van der Waals surface area contributed by atoms with Gasteiger partial charge in [-0.05, 0) is 72.7 Å². The Morgan fingerprint density at radius 1 is 1.13 bits per heavy atom. The number of hydrogen-bond donors (Lipinski definition) is 3. The molecule has 39 heavy (non-hydrogen) atoms. The number of β-amino-alcohol motifs (C(OH)–C–C–N with tert-alkyl or cyclic N) is 1. The molecule has 1 saturated carbocycles. The van der Waals surface area contributed by atoms with E-state index in [2.05, 4.69) is 16.7 Å². The molecule has 0 radical (unpaired) electrons. The molecule has 1 aliphatic heterocycles. The third-order valence-electron chi connectivity index (χ3n) is 7.64. The van der Waals surface area contributed by atoms with Gasteiger partial charge in [0.25, 0.3) is 5.91 Å². The predicted molar refractivity (Wildman–Crippen MR) is 147 cm³/mol. The Kier molecular flexibility index (Phi) is 7.93. The maximum absolute atomic E-state index is 15.2. The molecular formula is C29H37F2N3O4S. The lowest BCUT2D eigenvalue weighted by molar-refractivity contribution is -0.145. The fourth-order valence-corrected chi connectivity index (χ4v) is 6.00. The zero-order valence-corrected chi connectivity index (χ0v) is 24.0. The van der Waals surface area contributed by atoms with Crippen molar-refractivity contribution in [2.75, 3.05) is 6.54 Å². The highest BCUT2D eigenvalue weighted by Crippen LogP contribution is 2.40. The number of halogens is 2. The molecule has 3 amide bonds. The number of nitrogens with zero attached hydrogens (tertiary/aromatic N) is 1. The standard InChI is InChI=1S/C29H37F2N3O4S/c1-15-9-12-39-23(15)18-7-8-19(16(2)13-18)17(3)32-25(36)22-21(30)20(35)14-34(22)26(37)24(28(4,5)6)33-27(38)29(31)10-11-29/h7-9,12-13,17,20-22,24,35H,10-11,14H2,1-6H3,(H,32,36)(H,33,38)/t17-,20-,21-,22-,24+/m0/s1. The van der Waals surface area contributed by atoms with Crippen LogP contribution in [0.25, 0.3) is 10.4 Å². The van der Waals surface area contributed by atoms with Crippen LogP contribution < -0.4 is 10.6 Å². The summed E-state index contributed by atoms with van der Waals surface area (Å²) in [6.07, 6.45) is -3.43. The van der Waals surface area contributed by atoms with E-state index in [1.165, 1.54) is 5.56 Å². The SMILES string of the molecule is Cc1cc(-c2sccc2C)ccc1[C@H](C)NC(=O)[C@@H]1[C@@H](F)[C@@H](O)CN1C(=O)[C@@H](NC(=O)C1(F)CC1)C(C)(C)C. The van der Waals surface area contributed by atoms with Crippen LogP contribution in [0.3, 0.4) is 0 Å². The summed E-state index contributed by atoms with van der Waals surface area (Å²) >= 11 is 1.65. The van der Waals surface area contributed by atoms with Crippen molar-refractivity contribution in [3.05, 3.63) is 46.3 Å². The van der Waals surface area contributed by atoms with Gasteiger partial charge in [-0.3, -0.25) is 14.4 Å². The average molecular weight is 562 g/mol. The van der Waals surface area contributed by atoms with Crippen LogP contribution in [0.15, 0.2) is 29.6 Å². The largest absolute Gasteiger partial charge is 0.388 e. The summed E-state index contributed by atoms with van der Waals surface area (Å²) < 4.78 is 29.6. The lowest BCUT2D eigenvalue weighted by Crippen LogP contribution is -2.59. The van der Waals surface area contributed by atoms with Crippen molar-refractivity contribution in [1.29, 1.82) is 0 Å². The van der Waals surface area contributed by atoms with Gasteiger partial charge in [0.1, 0.15) is 18.2 Å². The highest BCUT2D eigenvalue weighted by molar-refractivity contribution is 7.13. The Morgan fingerprint density at radius 3 is 2.33 bits per heavy atom. The minimum Gasteiger partial charge on any atom is -0.388 e. The lowest BCUT2D eigenvalue weighted by atomic mass is 9.85. The van der Waals surface area contributed by atoms with E-state index in [1.807, 2.05) is 37.4 Å². The molecule has 2 aromatic rings. The Bertz CT molecular complexity index is 1270. The van der Waals surface area contributed by atoms with Gasteiger partial charge < -0.3 is 20.6 Å². The average Bonchev–Trinajstić information content (AvgIpc) is 3.34. The fourth-order valence-electron chi connectivity index (χ4n) is 5.07. The molecule has 1 aromatic carbocycles. The Hall–Kier alpha value is -2.85. The first-order valence-corrected chi connectivity index (χ1v) is 14.1. The highest BCUT2D eigenvalue weighted by atomic mass is 32.1. The number of carbonyl (C=O) groups excluding carboxylic acids is 3. The van der Waals surface area contributed by atoms with Crippen molar-refractivity contribution in [2.45, 2.75) is 90.5 Å². The smallest absolute Gasteiger partial charge is 0.258 e. The van der Waals surface area contributed by atoms with Gasteiger partial charge in [-0.25, -0.2) is 8.78 Å². The van der Waals surface area contributed by atoms with Gasteiger partial charge in [-0.15, -0.1) is 11.3 Å². The summed E-state index contributed by atoms with van der Waals surface area (Å²) in [6, 6.07) is 4.69. The number of nitrogens with one attached hydrogen (secondary N) is 2. The summed E-state index contributed by atoms with van der Waals surface area (Å²) in [6.45, 7) is 10.4.